The van der Waals surface area contributed by atoms with Gasteiger partial charge in [0.15, 0.2) is 0 Å². The van der Waals surface area contributed by atoms with Crippen LogP contribution in [-0.2, 0) is 4.74 Å². The van der Waals surface area contributed by atoms with Crippen LogP contribution in [0.3, 0.4) is 0 Å². The van der Waals surface area contributed by atoms with E-state index >= 15 is 0 Å². The van der Waals surface area contributed by atoms with Crippen molar-refractivity contribution in [1.82, 2.24) is 4.98 Å². The molecule has 4 heteroatoms. The van der Waals surface area contributed by atoms with Crippen LogP contribution in [0.1, 0.15) is 31.7 Å². The van der Waals surface area contributed by atoms with E-state index in [1.165, 1.54) is 5.56 Å². The monoisotopic (exact) mass is 220 g/mol. The highest BCUT2D eigenvalue weighted by molar-refractivity contribution is 5.86. The molecule has 0 bridgehead atoms. The maximum Gasteiger partial charge on any atom is 0.415 e. The quantitative estimate of drug-likeness (QED) is 0.769. The van der Waals surface area contributed by atoms with Crippen LogP contribution in [0.4, 0.5) is 10.6 Å². The summed E-state index contributed by atoms with van der Waals surface area (Å²) in [6, 6.07) is 3.89. The molecule has 1 saturated heterocycles. The van der Waals surface area contributed by atoms with E-state index < -0.39 is 0 Å². The standard InChI is InChI=1S/C12H16N2O2/c1-9(2)10-4-5-11(13-8-10)14-6-3-7-16-12(14)15/h4-5,8-9H,3,6-7H2,1-2H3. The van der Waals surface area contributed by atoms with Crippen LogP contribution in [0.15, 0.2) is 18.3 Å². The minimum Gasteiger partial charge on any atom is -0.449 e. The highest BCUT2D eigenvalue weighted by atomic mass is 16.6. The number of carbonyl (C=O) groups is 1. The Balaban J connectivity index is 2.17. The fourth-order valence-electron chi connectivity index (χ4n) is 1.66. The molecule has 0 radical (unpaired) electrons. The molecule has 0 N–H and O–H groups in total. The van der Waals surface area contributed by atoms with Crippen molar-refractivity contribution in [2.45, 2.75) is 26.2 Å². The summed E-state index contributed by atoms with van der Waals surface area (Å²) >= 11 is 0. The largest absolute Gasteiger partial charge is 0.449 e. The van der Waals surface area contributed by atoms with Crippen molar-refractivity contribution in [1.29, 1.82) is 0 Å². The molecule has 2 rings (SSSR count). The van der Waals surface area contributed by atoms with Crippen LogP contribution in [0.5, 0.6) is 0 Å². The van der Waals surface area contributed by atoms with Gasteiger partial charge >= 0.3 is 6.09 Å². The Morgan fingerprint density at radius 2 is 2.25 bits per heavy atom. The van der Waals surface area contributed by atoms with Crippen molar-refractivity contribution in [3.8, 4) is 0 Å². The van der Waals surface area contributed by atoms with Gasteiger partial charge in [0, 0.05) is 12.7 Å². The normalized spacial score (nSPS) is 16.4. The summed E-state index contributed by atoms with van der Waals surface area (Å²) in [5.41, 5.74) is 1.18. The van der Waals surface area contributed by atoms with Crippen molar-refractivity contribution >= 4 is 11.9 Å². The molecule has 0 unspecified atom stereocenters. The average Bonchev–Trinajstić information content (AvgIpc) is 2.30. The summed E-state index contributed by atoms with van der Waals surface area (Å²) in [7, 11) is 0. The maximum absolute atomic E-state index is 11.5. The van der Waals surface area contributed by atoms with Gasteiger partial charge in [0.25, 0.3) is 0 Å². The first-order chi connectivity index (χ1) is 7.68. The second-order valence-corrected chi connectivity index (χ2v) is 4.22. The molecule has 16 heavy (non-hydrogen) atoms. The van der Waals surface area contributed by atoms with Crippen LogP contribution in [0.25, 0.3) is 0 Å². The van der Waals surface area contributed by atoms with Crippen LogP contribution >= 0.6 is 0 Å². The van der Waals surface area contributed by atoms with E-state index in [9.17, 15) is 4.79 Å². The second kappa shape index (κ2) is 4.51. The fourth-order valence-corrected chi connectivity index (χ4v) is 1.66. The summed E-state index contributed by atoms with van der Waals surface area (Å²) in [4.78, 5) is 17.4. The van der Waals surface area contributed by atoms with Gasteiger partial charge in [-0.2, -0.15) is 0 Å². The summed E-state index contributed by atoms with van der Waals surface area (Å²) in [5.74, 6) is 1.13. The van der Waals surface area contributed by atoms with E-state index in [4.69, 9.17) is 4.74 Å². The molecule has 1 aromatic heterocycles. The van der Waals surface area contributed by atoms with Gasteiger partial charge in [0.2, 0.25) is 0 Å². The number of ether oxygens (including phenoxy) is 1. The number of aromatic nitrogens is 1. The van der Waals surface area contributed by atoms with Gasteiger partial charge in [-0.1, -0.05) is 19.9 Å². The van der Waals surface area contributed by atoms with Gasteiger partial charge in [0.05, 0.1) is 6.61 Å². The second-order valence-electron chi connectivity index (χ2n) is 4.22. The summed E-state index contributed by atoms with van der Waals surface area (Å²) < 4.78 is 4.97. The Morgan fingerprint density at radius 1 is 1.44 bits per heavy atom. The molecule has 0 saturated carbocycles. The van der Waals surface area contributed by atoms with Crippen molar-refractivity contribution in [2.24, 2.45) is 0 Å². The average molecular weight is 220 g/mol. The summed E-state index contributed by atoms with van der Waals surface area (Å²) in [5, 5.41) is 0. The zero-order valence-electron chi connectivity index (χ0n) is 9.64. The Hall–Kier alpha value is -1.58. The first-order valence-electron chi connectivity index (χ1n) is 5.58. The molecule has 1 aromatic rings. The third-order valence-corrected chi connectivity index (χ3v) is 2.69. The zero-order valence-corrected chi connectivity index (χ0v) is 9.64. The first-order valence-corrected chi connectivity index (χ1v) is 5.58. The van der Waals surface area contributed by atoms with Crippen LogP contribution in [0, 0.1) is 0 Å². The molecule has 0 aromatic carbocycles. The smallest absolute Gasteiger partial charge is 0.415 e. The number of nitrogens with zero attached hydrogens (tertiary/aromatic N) is 2. The molecule has 0 spiro atoms. The fraction of sp³-hybridized carbons (Fsp3) is 0.500. The topological polar surface area (TPSA) is 42.4 Å². The van der Waals surface area contributed by atoms with E-state index in [-0.39, 0.29) is 6.09 Å². The lowest BCUT2D eigenvalue weighted by Crippen LogP contribution is -2.38. The number of hydrogen-bond acceptors (Lipinski definition) is 3. The van der Waals surface area contributed by atoms with Gasteiger partial charge in [-0.05, 0) is 24.0 Å². The number of anilines is 1. The zero-order chi connectivity index (χ0) is 11.5. The molecule has 0 aliphatic carbocycles. The molecular weight excluding hydrogens is 204 g/mol. The van der Waals surface area contributed by atoms with Gasteiger partial charge in [-0.15, -0.1) is 0 Å². The van der Waals surface area contributed by atoms with E-state index in [1.807, 2.05) is 18.3 Å². The van der Waals surface area contributed by atoms with Gasteiger partial charge < -0.3 is 4.74 Å². The molecule has 86 valence electrons. The molecule has 0 atom stereocenters. The van der Waals surface area contributed by atoms with Crippen LogP contribution in [0.2, 0.25) is 0 Å². The minimum atomic E-state index is -0.295. The predicted molar refractivity (Wildman–Crippen MR) is 61.6 cm³/mol. The predicted octanol–water partition coefficient (Wildman–Crippen LogP) is 2.55. The Labute approximate surface area is 95.2 Å². The van der Waals surface area contributed by atoms with Crippen LogP contribution in [-0.4, -0.2) is 24.2 Å². The molecule has 2 heterocycles. The Kier molecular flexibility index (Phi) is 3.08. The summed E-state index contributed by atoms with van der Waals surface area (Å²) in [6.07, 6.45) is 2.39. The third kappa shape index (κ3) is 2.15. The molecule has 1 aliphatic rings. The molecular formula is C12H16N2O2. The Morgan fingerprint density at radius 3 is 2.81 bits per heavy atom. The SMILES string of the molecule is CC(C)c1ccc(N2CCCOC2=O)nc1. The van der Waals surface area contributed by atoms with Crippen LogP contribution < -0.4 is 4.90 Å². The molecule has 1 fully saturated rings. The van der Waals surface area contributed by atoms with E-state index in [1.54, 1.807) is 4.90 Å². The molecule has 1 aliphatic heterocycles. The number of hydrogen-bond donors (Lipinski definition) is 0. The first kappa shape index (κ1) is 10.9. The van der Waals surface area contributed by atoms with E-state index in [0.717, 1.165) is 6.42 Å². The maximum atomic E-state index is 11.5. The highest BCUT2D eigenvalue weighted by Gasteiger charge is 2.22. The lowest BCUT2D eigenvalue weighted by Gasteiger charge is -2.25. The number of carbonyl (C=O) groups excluding carboxylic acids is 1. The van der Waals surface area contributed by atoms with Gasteiger partial charge in [-0.25, -0.2) is 9.78 Å². The molecule has 4 nitrogen and oxygen atoms in total. The number of rotatable bonds is 2. The minimum absolute atomic E-state index is 0.295. The number of pyridine rings is 1. The lowest BCUT2D eigenvalue weighted by atomic mass is 10.1. The van der Waals surface area contributed by atoms with Crippen molar-refractivity contribution < 1.29 is 9.53 Å². The van der Waals surface area contributed by atoms with Gasteiger partial charge in [-0.3, -0.25) is 4.90 Å². The highest BCUT2D eigenvalue weighted by Crippen LogP contribution is 2.19. The van der Waals surface area contributed by atoms with Crippen molar-refractivity contribution in [3.63, 3.8) is 0 Å². The van der Waals surface area contributed by atoms with Gasteiger partial charge in [0.1, 0.15) is 5.82 Å². The number of cyclic esters (lactones) is 1. The number of amides is 1. The Bertz CT molecular complexity index is 373. The van der Waals surface area contributed by atoms with E-state index in [2.05, 4.69) is 18.8 Å². The lowest BCUT2D eigenvalue weighted by molar-refractivity contribution is 0.140. The van der Waals surface area contributed by atoms with E-state index in [0.29, 0.717) is 24.9 Å². The molecule has 1 amide bonds. The summed E-state index contributed by atoms with van der Waals surface area (Å²) in [6.45, 7) is 5.43. The van der Waals surface area contributed by atoms with Crippen molar-refractivity contribution in [2.75, 3.05) is 18.1 Å². The third-order valence-electron chi connectivity index (χ3n) is 2.69. The van der Waals surface area contributed by atoms with Crippen molar-refractivity contribution in [3.05, 3.63) is 23.9 Å².